The molecular formula is C14H13NO3. The number of carboxylic acids is 1. The van der Waals surface area contributed by atoms with Gasteiger partial charge in [0.25, 0.3) is 0 Å². The van der Waals surface area contributed by atoms with Gasteiger partial charge in [-0.3, -0.25) is 4.79 Å². The molecule has 1 aromatic heterocycles. The minimum Gasteiger partial charge on any atom is -0.481 e. The highest BCUT2D eigenvalue weighted by Gasteiger charge is 2.45. The lowest BCUT2D eigenvalue weighted by Crippen LogP contribution is -2.42. The van der Waals surface area contributed by atoms with E-state index >= 15 is 0 Å². The van der Waals surface area contributed by atoms with E-state index in [1.807, 2.05) is 24.3 Å². The zero-order valence-electron chi connectivity index (χ0n) is 9.80. The quantitative estimate of drug-likeness (QED) is 0.900. The Morgan fingerprint density at radius 1 is 1.28 bits per heavy atom. The number of carboxylic acid groups (broad SMARTS) is 1. The van der Waals surface area contributed by atoms with E-state index in [2.05, 4.69) is 4.98 Å². The summed E-state index contributed by atoms with van der Waals surface area (Å²) in [5.41, 5.74) is 1.06. The number of hydrogen-bond acceptors (Lipinski definition) is 3. The van der Waals surface area contributed by atoms with Crippen molar-refractivity contribution in [3.05, 3.63) is 42.3 Å². The van der Waals surface area contributed by atoms with Crippen LogP contribution >= 0.6 is 0 Å². The van der Waals surface area contributed by atoms with Crippen molar-refractivity contribution in [3.63, 3.8) is 0 Å². The summed E-state index contributed by atoms with van der Waals surface area (Å²) in [5.74, 6) is -0.169. The van der Waals surface area contributed by atoms with Gasteiger partial charge in [-0.2, -0.15) is 0 Å². The molecule has 0 spiro atoms. The lowest BCUT2D eigenvalue weighted by molar-refractivity contribution is -0.147. The summed E-state index contributed by atoms with van der Waals surface area (Å²) >= 11 is 0. The number of rotatable bonds is 3. The van der Waals surface area contributed by atoms with Gasteiger partial charge in [0.15, 0.2) is 0 Å². The predicted molar refractivity (Wildman–Crippen MR) is 65.1 cm³/mol. The van der Waals surface area contributed by atoms with E-state index in [1.165, 1.54) is 6.26 Å². The van der Waals surface area contributed by atoms with Gasteiger partial charge in [-0.15, -0.1) is 0 Å². The summed E-state index contributed by atoms with van der Waals surface area (Å²) in [6.45, 7) is 0. The van der Waals surface area contributed by atoms with Gasteiger partial charge in [-0.1, -0.05) is 18.6 Å². The van der Waals surface area contributed by atoms with Crippen molar-refractivity contribution >= 4 is 5.97 Å². The second kappa shape index (κ2) is 3.98. The molecule has 1 N–H and O–H groups in total. The number of oxazole rings is 1. The van der Waals surface area contributed by atoms with Crippen LogP contribution < -0.4 is 0 Å². The molecule has 0 unspecified atom stereocenters. The fourth-order valence-electron chi connectivity index (χ4n) is 2.45. The van der Waals surface area contributed by atoms with Crippen LogP contribution in [0, 0.1) is 0 Å². The molecule has 1 fully saturated rings. The predicted octanol–water partition coefficient (Wildman–Crippen LogP) is 2.85. The van der Waals surface area contributed by atoms with Crippen molar-refractivity contribution in [3.8, 4) is 11.5 Å². The number of hydrogen-bond donors (Lipinski definition) is 1. The maximum absolute atomic E-state index is 11.4. The van der Waals surface area contributed by atoms with Crippen molar-refractivity contribution < 1.29 is 14.3 Å². The molecule has 1 saturated carbocycles. The smallest absolute Gasteiger partial charge is 0.314 e. The molecule has 3 rings (SSSR count). The van der Waals surface area contributed by atoms with Crippen LogP contribution in [-0.4, -0.2) is 16.1 Å². The minimum atomic E-state index is -0.724. The zero-order chi connectivity index (χ0) is 12.6. The Labute approximate surface area is 104 Å². The maximum Gasteiger partial charge on any atom is 0.314 e. The third-order valence-electron chi connectivity index (χ3n) is 3.73. The Kier molecular flexibility index (Phi) is 2.44. The van der Waals surface area contributed by atoms with Crippen molar-refractivity contribution in [1.29, 1.82) is 0 Å². The molecule has 1 aliphatic rings. The highest BCUT2D eigenvalue weighted by molar-refractivity contribution is 5.82. The van der Waals surface area contributed by atoms with Crippen LogP contribution in [0.15, 0.2) is 41.1 Å². The molecular weight excluding hydrogens is 230 g/mol. The summed E-state index contributed by atoms with van der Waals surface area (Å²) in [7, 11) is 0. The first-order chi connectivity index (χ1) is 8.72. The van der Waals surface area contributed by atoms with Gasteiger partial charge in [0.1, 0.15) is 6.26 Å². The molecule has 0 radical (unpaired) electrons. The average Bonchev–Trinajstić information content (AvgIpc) is 2.81. The largest absolute Gasteiger partial charge is 0.481 e. The summed E-state index contributed by atoms with van der Waals surface area (Å²) in [5, 5.41) is 9.36. The number of aliphatic carboxylic acids is 1. The molecule has 0 aliphatic heterocycles. The highest BCUT2D eigenvalue weighted by atomic mass is 16.4. The molecule has 0 bridgehead atoms. The summed E-state index contributed by atoms with van der Waals surface area (Å²) in [6, 6.07) is 7.47. The molecule has 1 heterocycles. The molecule has 18 heavy (non-hydrogen) atoms. The van der Waals surface area contributed by atoms with Crippen molar-refractivity contribution in [1.82, 2.24) is 4.98 Å². The Morgan fingerprint density at radius 3 is 2.44 bits per heavy atom. The third kappa shape index (κ3) is 1.53. The first-order valence-corrected chi connectivity index (χ1v) is 5.96. The molecule has 0 atom stereocenters. The standard InChI is InChI=1S/C14H13NO3/c16-13(17)14(6-1-7-14)11-4-2-10(3-5-11)12-15-8-9-18-12/h2-5,8-9H,1,6-7H2,(H,16,17). The number of carbonyl (C=O) groups is 1. The fraction of sp³-hybridized carbons (Fsp3) is 0.286. The lowest BCUT2D eigenvalue weighted by atomic mass is 9.64. The van der Waals surface area contributed by atoms with Crippen LogP contribution in [-0.2, 0) is 10.2 Å². The molecule has 4 heteroatoms. The molecule has 1 aromatic carbocycles. The van der Waals surface area contributed by atoms with E-state index < -0.39 is 11.4 Å². The van der Waals surface area contributed by atoms with E-state index in [0.717, 1.165) is 30.4 Å². The molecule has 0 saturated heterocycles. The van der Waals surface area contributed by atoms with E-state index in [0.29, 0.717) is 5.89 Å². The second-order valence-electron chi connectivity index (χ2n) is 4.66. The number of nitrogens with zero attached hydrogens (tertiary/aromatic N) is 1. The van der Waals surface area contributed by atoms with Crippen LogP contribution in [0.3, 0.4) is 0 Å². The van der Waals surface area contributed by atoms with Gasteiger partial charge in [0.05, 0.1) is 11.6 Å². The molecule has 92 valence electrons. The van der Waals surface area contributed by atoms with Gasteiger partial charge in [-0.25, -0.2) is 4.98 Å². The topological polar surface area (TPSA) is 63.3 Å². The van der Waals surface area contributed by atoms with E-state index in [9.17, 15) is 9.90 Å². The Hall–Kier alpha value is -2.10. The maximum atomic E-state index is 11.4. The van der Waals surface area contributed by atoms with Crippen LogP contribution in [0.5, 0.6) is 0 Å². The molecule has 0 amide bonds. The SMILES string of the molecule is O=C(O)C1(c2ccc(-c3ncco3)cc2)CCC1. The number of benzene rings is 1. The third-order valence-corrected chi connectivity index (χ3v) is 3.73. The molecule has 2 aromatic rings. The van der Waals surface area contributed by atoms with Gasteiger partial charge < -0.3 is 9.52 Å². The van der Waals surface area contributed by atoms with Crippen LogP contribution in [0.2, 0.25) is 0 Å². The minimum absolute atomic E-state index is 0.555. The van der Waals surface area contributed by atoms with Crippen LogP contribution in [0.4, 0.5) is 0 Å². The summed E-state index contributed by atoms with van der Waals surface area (Å²) in [6.07, 6.45) is 5.54. The lowest BCUT2D eigenvalue weighted by Gasteiger charge is -2.38. The first kappa shape index (κ1) is 11.0. The van der Waals surface area contributed by atoms with Crippen LogP contribution in [0.1, 0.15) is 24.8 Å². The molecule has 4 nitrogen and oxygen atoms in total. The van der Waals surface area contributed by atoms with Gasteiger partial charge >= 0.3 is 5.97 Å². The number of aromatic nitrogens is 1. The fourth-order valence-corrected chi connectivity index (χ4v) is 2.45. The van der Waals surface area contributed by atoms with Crippen molar-refractivity contribution in [2.24, 2.45) is 0 Å². The van der Waals surface area contributed by atoms with Crippen molar-refractivity contribution in [2.75, 3.05) is 0 Å². The van der Waals surface area contributed by atoms with Gasteiger partial charge in [-0.05, 0) is 30.5 Å². The van der Waals surface area contributed by atoms with E-state index in [-0.39, 0.29) is 0 Å². The van der Waals surface area contributed by atoms with Gasteiger partial charge in [0.2, 0.25) is 5.89 Å². The Morgan fingerprint density at radius 2 is 2.00 bits per heavy atom. The second-order valence-corrected chi connectivity index (χ2v) is 4.66. The van der Waals surface area contributed by atoms with E-state index in [1.54, 1.807) is 6.20 Å². The van der Waals surface area contributed by atoms with E-state index in [4.69, 9.17) is 4.42 Å². The first-order valence-electron chi connectivity index (χ1n) is 5.96. The highest BCUT2D eigenvalue weighted by Crippen LogP contribution is 2.44. The summed E-state index contributed by atoms with van der Waals surface area (Å²) < 4.78 is 5.21. The average molecular weight is 243 g/mol. The summed E-state index contributed by atoms with van der Waals surface area (Å²) in [4.78, 5) is 15.5. The monoisotopic (exact) mass is 243 g/mol. The molecule has 1 aliphatic carbocycles. The zero-order valence-corrected chi connectivity index (χ0v) is 9.80. The van der Waals surface area contributed by atoms with Crippen molar-refractivity contribution in [2.45, 2.75) is 24.7 Å². The van der Waals surface area contributed by atoms with Crippen LogP contribution in [0.25, 0.3) is 11.5 Å². The Balaban J connectivity index is 1.94. The normalized spacial score (nSPS) is 17.1. The van der Waals surface area contributed by atoms with Gasteiger partial charge in [0, 0.05) is 5.56 Å². The Bertz CT molecular complexity index is 553.